The van der Waals surface area contributed by atoms with Gasteiger partial charge in [-0.15, -0.1) is 0 Å². The zero-order valence-electron chi connectivity index (χ0n) is 22.2. The van der Waals surface area contributed by atoms with E-state index in [-0.39, 0.29) is 17.9 Å². The molecule has 2 unspecified atom stereocenters. The molecule has 37 heavy (non-hydrogen) atoms. The molecule has 3 amide bonds. The smallest absolute Gasteiger partial charge is 0.408 e. The molecule has 0 saturated carbocycles. The molecular weight excluding hydrogens is 494 g/mol. The number of likely N-dealkylation sites (N-methyl/N-ethyl adjacent to an activating group) is 1. The summed E-state index contributed by atoms with van der Waals surface area (Å²) in [5.41, 5.74) is 0.0308. The average Bonchev–Trinajstić information content (AvgIpc) is 2.84. The molecule has 0 spiro atoms. The van der Waals surface area contributed by atoms with Crippen LogP contribution < -0.4 is 15.4 Å². The van der Waals surface area contributed by atoms with Crippen molar-refractivity contribution in [2.45, 2.75) is 51.8 Å². The predicted octanol–water partition coefficient (Wildman–Crippen LogP) is 4.58. The molecule has 2 atom stereocenters. The fourth-order valence-electron chi connectivity index (χ4n) is 3.66. The number of alkyl carbamates (subject to hydrolysis) is 1. The van der Waals surface area contributed by atoms with E-state index in [0.29, 0.717) is 23.6 Å². The van der Waals surface area contributed by atoms with E-state index in [1.165, 1.54) is 22.7 Å². The summed E-state index contributed by atoms with van der Waals surface area (Å²) in [4.78, 5) is 41.3. The number of aromatic hydroxyl groups is 1. The number of ether oxygens (including phenoxy) is 2. The number of phenolic OH excluding ortho intramolecular Hbond substituents is 1. The Morgan fingerprint density at radius 2 is 1.73 bits per heavy atom. The third-order valence-electron chi connectivity index (χ3n) is 5.37. The molecule has 0 saturated heterocycles. The van der Waals surface area contributed by atoms with Crippen LogP contribution in [0.15, 0.2) is 48.5 Å². The molecule has 0 radical (unpaired) electrons. The van der Waals surface area contributed by atoms with Gasteiger partial charge in [-0.05, 0) is 76.5 Å². The van der Waals surface area contributed by atoms with Gasteiger partial charge in [0.15, 0.2) is 0 Å². The van der Waals surface area contributed by atoms with Crippen molar-refractivity contribution in [3.05, 3.63) is 54.1 Å². The number of nitrogens with one attached hydrogen (secondary N) is 2. The predicted molar refractivity (Wildman–Crippen MR) is 146 cm³/mol. The highest BCUT2D eigenvalue weighted by molar-refractivity contribution is 7.98. The van der Waals surface area contributed by atoms with Crippen molar-refractivity contribution < 1.29 is 29.0 Å². The first-order chi connectivity index (χ1) is 17.5. The molecule has 0 aromatic heterocycles. The molecule has 2 rings (SSSR count). The summed E-state index contributed by atoms with van der Waals surface area (Å²) < 4.78 is 10.5. The van der Waals surface area contributed by atoms with Gasteiger partial charge in [-0.3, -0.25) is 9.59 Å². The SMILES string of the molecule is CCN(C(=O)C(CCSC)NC(=O)OC(C)(C)C)C(C(=O)Nc1ccc(OC)cc1)c1ccccc1O. The molecule has 3 N–H and O–H groups in total. The number of methoxy groups -OCH3 is 1. The zero-order valence-corrected chi connectivity index (χ0v) is 23.1. The Morgan fingerprint density at radius 1 is 1.08 bits per heavy atom. The first-order valence-electron chi connectivity index (χ1n) is 12.0. The van der Waals surface area contributed by atoms with Crippen LogP contribution in [0.25, 0.3) is 0 Å². The van der Waals surface area contributed by atoms with Crippen LogP contribution in [0, 0.1) is 0 Å². The number of phenols is 1. The average molecular weight is 532 g/mol. The fraction of sp³-hybridized carbons (Fsp3) is 0.444. The van der Waals surface area contributed by atoms with Gasteiger partial charge in [0.25, 0.3) is 5.91 Å². The van der Waals surface area contributed by atoms with Crippen molar-refractivity contribution in [1.29, 1.82) is 0 Å². The summed E-state index contributed by atoms with van der Waals surface area (Å²) in [6, 6.07) is 11.1. The number of rotatable bonds is 11. The van der Waals surface area contributed by atoms with Gasteiger partial charge in [-0.25, -0.2) is 4.79 Å². The molecule has 2 aromatic rings. The molecule has 10 heteroatoms. The van der Waals surface area contributed by atoms with Crippen molar-refractivity contribution in [2.24, 2.45) is 0 Å². The van der Waals surface area contributed by atoms with Crippen molar-refractivity contribution in [3.8, 4) is 11.5 Å². The summed E-state index contributed by atoms with van der Waals surface area (Å²) >= 11 is 1.53. The minimum Gasteiger partial charge on any atom is -0.508 e. The van der Waals surface area contributed by atoms with Crippen LogP contribution in [0.1, 0.15) is 45.7 Å². The lowest BCUT2D eigenvalue weighted by molar-refractivity contribution is -0.140. The minimum atomic E-state index is -1.15. The standard InChI is InChI=1S/C27H37N3O6S/c1-7-30(25(33)21(16-17-37-6)29-26(34)36-27(2,3)4)23(20-10-8-9-11-22(20)31)24(32)28-18-12-14-19(35-5)15-13-18/h8-15,21,23,31H,7,16-17H2,1-6H3,(H,28,32)(H,29,34). The van der Waals surface area contributed by atoms with E-state index in [0.717, 1.165) is 0 Å². The molecule has 0 heterocycles. The molecule has 0 bridgehead atoms. The largest absolute Gasteiger partial charge is 0.508 e. The van der Waals surface area contributed by atoms with Crippen molar-refractivity contribution in [2.75, 3.05) is 31.0 Å². The normalized spacial score (nSPS) is 12.7. The maximum absolute atomic E-state index is 13.8. The van der Waals surface area contributed by atoms with Gasteiger partial charge < -0.3 is 30.1 Å². The summed E-state index contributed by atoms with van der Waals surface area (Å²) in [7, 11) is 1.55. The number of carbonyl (C=O) groups is 3. The molecule has 9 nitrogen and oxygen atoms in total. The van der Waals surface area contributed by atoms with Gasteiger partial charge >= 0.3 is 6.09 Å². The first kappa shape index (κ1) is 29.8. The van der Waals surface area contributed by atoms with Crippen LogP contribution in [-0.4, -0.2) is 65.2 Å². The Bertz CT molecular complexity index is 1050. The van der Waals surface area contributed by atoms with E-state index >= 15 is 0 Å². The Balaban J connectivity index is 2.42. The molecule has 0 aliphatic heterocycles. The van der Waals surface area contributed by atoms with Gasteiger partial charge in [0.05, 0.1) is 7.11 Å². The van der Waals surface area contributed by atoms with Crippen LogP contribution >= 0.6 is 11.8 Å². The van der Waals surface area contributed by atoms with Crippen LogP contribution in [0.3, 0.4) is 0 Å². The third-order valence-corrected chi connectivity index (χ3v) is 6.02. The summed E-state index contributed by atoms with van der Waals surface area (Å²) in [5.74, 6) is 0.140. The van der Waals surface area contributed by atoms with E-state index in [4.69, 9.17) is 9.47 Å². The first-order valence-corrected chi connectivity index (χ1v) is 13.4. The number of hydrogen-bond acceptors (Lipinski definition) is 7. The van der Waals surface area contributed by atoms with Gasteiger partial charge in [0.2, 0.25) is 5.91 Å². The maximum atomic E-state index is 13.8. The van der Waals surface area contributed by atoms with Crippen LogP contribution in [0.2, 0.25) is 0 Å². The van der Waals surface area contributed by atoms with Crippen molar-refractivity contribution in [3.63, 3.8) is 0 Å². The van der Waals surface area contributed by atoms with Crippen LogP contribution in [0.5, 0.6) is 11.5 Å². The minimum absolute atomic E-state index is 0.121. The molecular formula is C27H37N3O6S. The lowest BCUT2D eigenvalue weighted by Gasteiger charge is -2.34. The van der Waals surface area contributed by atoms with Crippen LogP contribution in [-0.2, 0) is 14.3 Å². The zero-order chi connectivity index (χ0) is 27.6. The second-order valence-corrected chi connectivity index (χ2v) is 10.3. The number of amides is 3. The lowest BCUT2D eigenvalue weighted by atomic mass is 10.0. The van der Waals surface area contributed by atoms with Gasteiger partial charge in [0.1, 0.15) is 29.2 Å². The summed E-state index contributed by atoms with van der Waals surface area (Å²) in [6.07, 6.45) is 1.52. The van der Waals surface area contributed by atoms with Gasteiger partial charge in [-0.1, -0.05) is 18.2 Å². The second-order valence-electron chi connectivity index (χ2n) is 9.28. The monoisotopic (exact) mass is 531 g/mol. The fourth-order valence-corrected chi connectivity index (χ4v) is 4.13. The van der Waals surface area contributed by atoms with E-state index in [1.807, 2.05) is 6.26 Å². The number of hydrogen-bond donors (Lipinski definition) is 3. The van der Waals surface area contributed by atoms with Crippen molar-refractivity contribution >= 4 is 35.4 Å². The topological polar surface area (TPSA) is 117 Å². The Morgan fingerprint density at radius 3 is 2.27 bits per heavy atom. The third kappa shape index (κ3) is 8.89. The highest BCUT2D eigenvalue weighted by Crippen LogP contribution is 2.31. The summed E-state index contributed by atoms with van der Waals surface area (Å²) in [5, 5.41) is 16.1. The van der Waals surface area contributed by atoms with Gasteiger partial charge in [0, 0.05) is 17.8 Å². The van der Waals surface area contributed by atoms with Crippen molar-refractivity contribution in [1.82, 2.24) is 10.2 Å². The molecule has 0 fully saturated rings. The number of thioether (sulfide) groups is 1. The Kier molecular flexibility index (Phi) is 11.1. The van der Waals surface area contributed by atoms with E-state index in [9.17, 15) is 19.5 Å². The highest BCUT2D eigenvalue weighted by Gasteiger charge is 2.36. The number of benzene rings is 2. The number of para-hydroxylation sites is 1. The second kappa shape index (κ2) is 13.8. The molecule has 0 aliphatic rings. The number of nitrogens with zero attached hydrogens (tertiary/aromatic N) is 1. The van der Waals surface area contributed by atoms with E-state index in [1.54, 1.807) is 77.3 Å². The number of anilines is 1. The number of carbonyl (C=O) groups excluding carboxylic acids is 3. The van der Waals surface area contributed by atoms with E-state index in [2.05, 4.69) is 10.6 Å². The van der Waals surface area contributed by atoms with E-state index < -0.39 is 35.6 Å². The molecule has 202 valence electrons. The Hall–Kier alpha value is -3.40. The Labute approximate surface area is 222 Å². The van der Waals surface area contributed by atoms with Gasteiger partial charge in [-0.2, -0.15) is 11.8 Å². The van der Waals surface area contributed by atoms with Crippen LogP contribution in [0.4, 0.5) is 10.5 Å². The molecule has 0 aliphatic carbocycles. The highest BCUT2D eigenvalue weighted by atomic mass is 32.2. The summed E-state index contributed by atoms with van der Waals surface area (Å²) in [6.45, 7) is 7.11. The molecule has 2 aromatic carbocycles. The maximum Gasteiger partial charge on any atom is 0.408 e. The lowest BCUT2D eigenvalue weighted by Crippen LogP contribution is -2.52. The quantitative estimate of drug-likeness (QED) is 0.389.